The molecule has 35 heavy (non-hydrogen) atoms. The van der Waals surface area contributed by atoms with E-state index in [4.69, 9.17) is 5.73 Å². The number of hydrogen-bond donors (Lipinski definition) is 5. The second kappa shape index (κ2) is 7.92. The van der Waals surface area contributed by atoms with Gasteiger partial charge in [0.1, 0.15) is 22.8 Å². The standard InChI is InChI=1S/C24H27N3O8/c1-26(2)13-7-10(8-28)18(29)15-11(13)5-9-6-12-17(27(3)4)20(31)16(23(25)34)22(33)24(12,35)21(32)14(9)19(15)30/h7-9,12,17,29-30,33,35H,5-6H2,1-4H3,(H2,25,34)/t9-,12-,17+,24-/m0/s1. The van der Waals surface area contributed by atoms with Crippen LogP contribution in [-0.2, 0) is 20.8 Å². The van der Waals surface area contributed by atoms with E-state index in [2.05, 4.69) is 0 Å². The molecule has 1 fully saturated rings. The van der Waals surface area contributed by atoms with Crippen LogP contribution in [0.15, 0.2) is 23.0 Å². The molecule has 0 radical (unpaired) electrons. The van der Waals surface area contributed by atoms with E-state index in [0.29, 0.717) is 17.5 Å². The number of aliphatic hydroxyl groups excluding tert-OH is 2. The molecule has 0 saturated heterocycles. The largest absolute Gasteiger partial charge is 0.508 e. The summed E-state index contributed by atoms with van der Waals surface area (Å²) in [6.07, 6.45) is 0.560. The van der Waals surface area contributed by atoms with Crippen LogP contribution in [0, 0.1) is 11.8 Å². The summed E-state index contributed by atoms with van der Waals surface area (Å²) in [5.74, 6) is -7.33. The molecule has 4 atom stereocenters. The van der Waals surface area contributed by atoms with Gasteiger partial charge < -0.3 is 31.1 Å². The minimum Gasteiger partial charge on any atom is -0.508 e. The van der Waals surface area contributed by atoms with E-state index in [1.54, 1.807) is 19.0 Å². The normalized spacial score (nSPS) is 28.0. The van der Waals surface area contributed by atoms with Crippen LogP contribution in [0.3, 0.4) is 0 Å². The molecule has 6 N–H and O–H groups in total. The lowest BCUT2D eigenvalue weighted by molar-refractivity contribution is -0.153. The molecule has 3 aliphatic rings. The van der Waals surface area contributed by atoms with E-state index in [1.165, 1.54) is 25.1 Å². The minimum atomic E-state index is -2.70. The Morgan fingerprint density at radius 2 is 1.80 bits per heavy atom. The molecule has 4 rings (SSSR count). The topological polar surface area (TPSA) is 182 Å². The highest BCUT2D eigenvalue weighted by Gasteiger charge is 2.64. The number of phenols is 1. The number of amides is 1. The molecular formula is C24H27N3O8. The summed E-state index contributed by atoms with van der Waals surface area (Å²) in [5.41, 5.74) is 2.28. The quantitative estimate of drug-likeness (QED) is 0.284. The first-order chi connectivity index (χ1) is 16.3. The van der Waals surface area contributed by atoms with E-state index < -0.39 is 63.8 Å². The number of anilines is 1. The number of carbonyl (C=O) groups excluding carboxylic acids is 4. The molecule has 3 aliphatic carbocycles. The smallest absolute Gasteiger partial charge is 0.255 e. The number of aromatic hydroxyl groups is 1. The van der Waals surface area contributed by atoms with Crippen molar-refractivity contribution in [2.75, 3.05) is 33.1 Å². The van der Waals surface area contributed by atoms with Crippen LogP contribution in [0.2, 0.25) is 0 Å². The van der Waals surface area contributed by atoms with Gasteiger partial charge in [-0.25, -0.2) is 0 Å². The molecule has 11 heteroatoms. The number of rotatable bonds is 4. The molecule has 1 aromatic carbocycles. The number of Topliss-reactive ketones (excluding diaryl/α,β-unsaturated/α-hetero) is 2. The van der Waals surface area contributed by atoms with Gasteiger partial charge >= 0.3 is 0 Å². The van der Waals surface area contributed by atoms with Crippen molar-refractivity contribution >= 4 is 35.2 Å². The van der Waals surface area contributed by atoms with Gasteiger partial charge in [0.25, 0.3) is 5.91 Å². The van der Waals surface area contributed by atoms with Crippen molar-refractivity contribution in [3.8, 4) is 5.75 Å². The second-order valence-corrected chi connectivity index (χ2v) is 9.66. The third-order valence-electron chi connectivity index (χ3n) is 7.34. The fourth-order valence-electron chi connectivity index (χ4n) is 5.80. The first-order valence-electron chi connectivity index (χ1n) is 10.9. The van der Waals surface area contributed by atoms with E-state index >= 15 is 0 Å². The molecule has 1 amide bonds. The van der Waals surface area contributed by atoms with Gasteiger partial charge in [0.2, 0.25) is 5.78 Å². The van der Waals surface area contributed by atoms with Crippen LogP contribution in [0.1, 0.15) is 27.9 Å². The van der Waals surface area contributed by atoms with Crippen molar-refractivity contribution in [2.45, 2.75) is 24.5 Å². The number of phenolic OH excluding ortho intramolecular Hbond substituents is 1. The van der Waals surface area contributed by atoms with Gasteiger partial charge in [-0.3, -0.25) is 24.1 Å². The monoisotopic (exact) mass is 485 g/mol. The van der Waals surface area contributed by atoms with Gasteiger partial charge in [-0.05, 0) is 44.5 Å². The molecule has 0 aromatic heterocycles. The number of likely N-dealkylation sites (N-methyl/N-ethyl adjacent to an activating group) is 1. The predicted molar refractivity (Wildman–Crippen MR) is 124 cm³/mol. The molecular weight excluding hydrogens is 458 g/mol. The van der Waals surface area contributed by atoms with Crippen LogP contribution in [0.4, 0.5) is 5.69 Å². The summed E-state index contributed by atoms with van der Waals surface area (Å²) in [6.45, 7) is 0. The highest BCUT2D eigenvalue weighted by molar-refractivity contribution is 6.24. The second-order valence-electron chi connectivity index (χ2n) is 9.66. The summed E-state index contributed by atoms with van der Waals surface area (Å²) < 4.78 is 0. The lowest BCUT2D eigenvalue weighted by Crippen LogP contribution is -2.65. The van der Waals surface area contributed by atoms with Gasteiger partial charge in [-0.1, -0.05) is 0 Å². The molecule has 186 valence electrons. The Morgan fingerprint density at radius 3 is 2.31 bits per heavy atom. The number of aldehydes is 1. The van der Waals surface area contributed by atoms with Gasteiger partial charge in [0.15, 0.2) is 17.7 Å². The molecule has 11 nitrogen and oxygen atoms in total. The minimum absolute atomic E-state index is 0.00513. The molecule has 0 bridgehead atoms. The fourth-order valence-corrected chi connectivity index (χ4v) is 5.80. The lowest BCUT2D eigenvalue weighted by atomic mass is 9.57. The van der Waals surface area contributed by atoms with E-state index in [-0.39, 0.29) is 29.5 Å². The van der Waals surface area contributed by atoms with Crippen molar-refractivity contribution in [1.82, 2.24) is 4.90 Å². The Balaban J connectivity index is 2.02. The van der Waals surface area contributed by atoms with E-state index in [9.17, 15) is 39.6 Å². The number of hydrogen-bond acceptors (Lipinski definition) is 10. The van der Waals surface area contributed by atoms with E-state index in [1.807, 2.05) is 0 Å². The van der Waals surface area contributed by atoms with Crippen molar-refractivity contribution in [3.63, 3.8) is 0 Å². The van der Waals surface area contributed by atoms with Crippen molar-refractivity contribution in [1.29, 1.82) is 0 Å². The number of carbonyl (C=O) groups is 4. The number of ketones is 2. The third-order valence-corrected chi connectivity index (χ3v) is 7.34. The summed E-state index contributed by atoms with van der Waals surface area (Å²) in [5, 5.41) is 44.3. The highest BCUT2D eigenvalue weighted by atomic mass is 16.3. The zero-order chi connectivity index (χ0) is 26.1. The van der Waals surface area contributed by atoms with Crippen molar-refractivity contribution in [3.05, 3.63) is 39.7 Å². The van der Waals surface area contributed by atoms with Crippen LogP contribution >= 0.6 is 0 Å². The molecule has 0 aliphatic heterocycles. The number of aliphatic hydroxyl groups is 3. The maximum absolute atomic E-state index is 13.8. The molecule has 1 aromatic rings. The van der Waals surface area contributed by atoms with Crippen LogP contribution in [0.5, 0.6) is 5.75 Å². The average molecular weight is 485 g/mol. The molecule has 0 unspecified atom stereocenters. The Bertz CT molecular complexity index is 1260. The van der Waals surface area contributed by atoms with Crippen LogP contribution in [-0.4, -0.2) is 88.9 Å². The summed E-state index contributed by atoms with van der Waals surface area (Å²) >= 11 is 0. The average Bonchev–Trinajstić information content (AvgIpc) is 2.75. The summed E-state index contributed by atoms with van der Waals surface area (Å²) in [7, 11) is 6.52. The van der Waals surface area contributed by atoms with Gasteiger partial charge in [-0.2, -0.15) is 0 Å². The Morgan fingerprint density at radius 1 is 1.17 bits per heavy atom. The van der Waals surface area contributed by atoms with Gasteiger partial charge in [-0.15, -0.1) is 0 Å². The Kier molecular flexibility index (Phi) is 5.53. The zero-order valence-corrected chi connectivity index (χ0v) is 19.7. The first kappa shape index (κ1) is 24.4. The number of benzene rings is 1. The number of nitrogens with two attached hydrogens (primary N) is 1. The van der Waals surface area contributed by atoms with Crippen molar-refractivity contribution < 1.29 is 39.6 Å². The lowest BCUT2D eigenvalue weighted by Gasteiger charge is -2.50. The summed E-state index contributed by atoms with van der Waals surface area (Å²) in [4.78, 5) is 53.6. The Labute approximate surface area is 200 Å². The first-order valence-corrected chi connectivity index (χ1v) is 10.9. The SMILES string of the molecule is CN(C)c1cc(C=O)c(O)c2c1C[C@H]1C[C@H]3[C@@H](N(C)C)C(=O)C(C(N)=O)=C(O)[C@@]3(O)C(=O)C1=C2O. The maximum atomic E-state index is 13.8. The third kappa shape index (κ3) is 3.11. The molecule has 0 spiro atoms. The maximum Gasteiger partial charge on any atom is 0.255 e. The fraction of sp³-hybridized carbons (Fsp3) is 0.417. The van der Waals surface area contributed by atoms with Gasteiger partial charge in [0.05, 0.1) is 17.2 Å². The number of fused-ring (bicyclic) bond motifs is 3. The molecule has 1 saturated carbocycles. The number of nitrogens with zero attached hydrogens (tertiary/aromatic N) is 2. The van der Waals surface area contributed by atoms with Crippen molar-refractivity contribution in [2.24, 2.45) is 17.6 Å². The van der Waals surface area contributed by atoms with Crippen LogP contribution < -0.4 is 10.6 Å². The van der Waals surface area contributed by atoms with Gasteiger partial charge in [0, 0.05) is 31.3 Å². The summed E-state index contributed by atoms with van der Waals surface area (Å²) in [6, 6.07) is 0.326. The number of primary amides is 1. The highest BCUT2D eigenvalue weighted by Crippen LogP contribution is 2.53. The Hall–Kier alpha value is -3.70. The zero-order valence-electron chi connectivity index (χ0n) is 19.7. The molecule has 0 heterocycles. The van der Waals surface area contributed by atoms with E-state index in [0.717, 1.165) is 0 Å². The van der Waals surface area contributed by atoms with Crippen LogP contribution in [0.25, 0.3) is 5.76 Å². The predicted octanol–water partition coefficient (Wildman–Crippen LogP) is -0.157.